The van der Waals surface area contributed by atoms with Crippen molar-refractivity contribution in [3.05, 3.63) is 129 Å². The van der Waals surface area contributed by atoms with Crippen LogP contribution >= 0.6 is 0 Å². The number of carbonyl (C=O) groups excluding carboxylic acids is 3. The summed E-state index contributed by atoms with van der Waals surface area (Å²) in [4.78, 5) is 63.4. The lowest BCUT2D eigenvalue weighted by Crippen LogP contribution is -2.40. The molecule has 0 fully saturated rings. The number of aryl methyl sites for hydroxylation is 2. The Morgan fingerprint density at radius 1 is 0.732 bits per heavy atom. The van der Waals surface area contributed by atoms with Crippen LogP contribution in [-0.4, -0.2) is 82.4 Å². The number of hydrogen-bond donors (Lipinski definition) is 0. The smallest absolute Gasteiger partial charge is 0.342 e. The van der Waals surface area contributed by atoms with Gasteiger partial charge in [0.15, 0.2) is 13.6 Å². The van der Waals surface area contributed by atoms with Gasteiger partial charge in [0.05, 0.1) is 29.4 Å². The maximum atomic E-state index is 13.5. The molecule has 12 nitrogen and oxygen atoms in total. The van der Waals surface area contributed by atoms with Gasteiger partial charge in [0.1, 0.15) is 6.61 Å². The van der Waals surface area contributed by atoms with Crippen LogP contribution in [0.2, 0.25) is 0 Å². The lowest BCUT2D eigenvalue weighted by atomic mass is 9.95. The Kier molecular flexibility index (Phi) is 12.5. The van der Waals surface area contributed by atoms with Crippen LogP contribution in [-0.2, 0) is 38.4 Å². The molecule has 4 aromatic rings. The minimum atomic E-state index is -1.49. The standard InChI is InChI=1S/C44H40N4O8/c1-7-13-31-19-21-37-35(25-31)39(33-17-12-10-15-29(33)4)46-41(43(50)48(37)6)56-55-23-22-52-26-53-27-54-44(51)40-42(49)47(5)36-20-18-30(8-2)24-34(36)38(45-40)32-16-11-9-14-28(32)3/h2,9-12,14-21,24-25,40-41H,22-23,26-27H2,1,3-6H3. The molecule has 0 saturated carbocycles. The Bertz CT molecular complexity index is 2330. The van der Waals surface area contributed by atoms with Gasteiger partial charge in [-0.1, -0.05) is 60.4 Å². The van der Waals surface area contributed by atoms with Gasteiger partial charge in [0.2, 0.25) is 6.04 Å². The molecule has 0 bridgehead atoms. The lowest BCUT2D eigenvalue weighted by molar-refractivity contribution is -0.320. The molecule has 56 heavy (non-hydrogen) atoms. The fourth-order valence-electron chi connectivity index (χ4n) is 6.29. The van der Waals surface area contributed by atoms with E-state index in [9.17, 15) is 14.4 Å². The van der Waals surface area contributed by atoms with Crippen molar-refractivity contribution < 1.29 is 38.4 Å². The summed E-state index contributed by atoms with van der Waals surface area (Å²) in [5, 5.41) is 0. The highest BCUT2D eigenvalue weighted by Crippen LogP contribution is 2.31. The Balaban J connectivity index is 1.04. The third-order valence-corrected chi connectivity index (χ3v) is 9.22. The van der Waals surface area contributed by atoms with Crippen LogP contribution in [0.25, 0.3) is 0 Å². The number of amides is 2. The van der Waals surface area contributed by atoms with Crippen LogP contribution < -0.4 is 9.80 Å². The van der Waals surface area contributed by atoms with E-state index in [1.54, 1.807) is 39.2 Å². The summed E-state index contributed by atoms with van der Waals surface area (Å²) in [6.45, 7) is 4.81. The second-order valence-corrected chi connectivity index (χ2v) is 12.8. The van der Waals surface area contributed by atoms with Gasteiger partial charge in [-0.05, 0) is 68.3 Å². The van der Waals surface area contributed by atoms with E-state index in [2.05, 4.69) is 22.8 Å². The molecule has 2 unspecified atom stereocenters. The first kappa shape index (κ1) is 39.3. The molecule has 0 aliphatic carbocycles. The van der Waals surface area contributed by atoms with Gasteiger partial charge in [0.25, 0.3) is 18.0 Å². The van der Waals surface area contributed by atoms with Crippen molar-refractivity contribution in [2.24, 2.45) is 9.98 Å². The molecule has 0 aromatic heterocycles. The van der Waals surface area contributed by atoms with E-state index in [0.29, 0.717) is 33.9 Å². The number of likely N-dealkylation sites (N-methyl/N-ethyl adjacent to an activating group) is 2. The molecule has 6 rings (SSSR count). The minimum absolute atomic E-state index is 0.00617. The summed E-state index contributed by atoms with van der Waals surface area (Å²) in [7, 11) is 3.22. The highest BCUT2D eigenvalue weighted by molar-refractivity contribution is 6.24. The highest BCUT2D eigenvalue weighted by Gasteiger charge is 2.36. The molecule has 4 aromatic carbocycles. The number of benzodiazepines with no additional fused rings is 2. The van der Waals surface area contributed by atoms with Crippen LogP contribution in [0, 0.1) is 38.0 Å². The Morgan fingerprint density at radius 3 is 1.95 bits per heavy atom. The van der Waals surface area contributed by atoms with Gasteiger partial charge in [-0.3, -0.25) is 14.6 Å². The van der Waals surface area contributed by atoms with Gasteiger partial charge in [-0.15, -0.1) is 12.3 Å². The molecule has 2 aliphatic heterocycles. The number of rotatable bonds is 12. The van der Waals surface area contributed by atoms with E-state index in [1.165, 1.54) is 9.80 Å². The van der Waals surface area contributed by atoms with E-state index >= 15 is 0 Å². The number of terminal acetylenes is 1. The average molecular weight is 753 g/mol. The largest absolute Gasteiger partial charge is 0.436 e. The summed E-state index contributed by atoms with van der Waals surface area (Å²) < 4.78 is 16.1. The first-order valence-electron chi connectivity index (χ1n) is 17.7. The molecular formula is C44H40N4O8. The van der Waals surface area contributed by atoms with Crippen LogP contribution in [0.3, 0.4) is 0 Å². The monoisotopic (exact) mass is 752 g/mol. The van der Waals surface area contributed by atoms with Crippen LogP contribution in [0.5, 0.6) is 0 Å². The molecule has 12 heteroatoms. The third-order valence-electron chi connectivity index (χ3n) is 9.22. The predicted molar refractivity (Wildman–Crippen MR) is 211 cm³/mol. The average Bonchev–Trinajstić information content (AvgIpc) is 3.38. The van der Waals surface area contributed by atoms with E-state index in [4.69, 9.17) is 35.4 Å². The third kappa shape index (κ3) is 8.45. The number of carbonyl (C=O) groups is 3. The summed E-state index contributed by atoms with van der Waals surface area (Å²) in [6.07, 6.45) is 4.38. The Labute approximate surface area is 325 Å². The fraction of sp³-hybridized carbons (Fsp3) is 0.250. The zero-order valence-corrected chi connectivity index (χ0v) is 31.7. The molecule has 0 N–H and O–H groups in total. The second-order valence-electron chi connectivity index (χ2n) is 12.8. The number of fused-ring (bicyclic) bond motifs is 2. The zero-order valence-electron chi connectivity index (χ0n) is 31.7. The quantitative estimate of drug-likeness (QED) is 0.0372. The van der Waals surface area contributed by atoms with Gasteiger partial charge in [-0.25, -0.2) is 14.7 Å². The van der Waals surface area contributed by atoms with Gasteiger partial charge in [-0.2, -0.15) is 4.89 Å². The normalized spacial score (nSPS) is 16.3. The SMILES string of the molecule is C#Cc1ccc2c(c1)C(c1ccccc1C)=NC(C(=O)OCOCOCCOOC1N=C(c3ccccc3C)c3cc(C#CC)ccc3N(C)C1=O)C(=O)N2C. The van der Waals surface area contributed by atoms with Crippen molar-refractivity contribution >= 4 is 40.6 Å². The molecule has 2 amide bonds. The first-order chi connectivity index (χ1) is 27.1. The minimum Gasteiger partial charge on any atom is -0.436 e. The molecule has 2 atom stereocenters. The van der Waals surface area contributed by atoms with Gasteiger partial charge in [0, 0.05) is 47.5 Å². The highest BCUT2D eigenvalue weighted by atomic mass is 17.2. The number of ether oxygens (including phenoxy) is 3. The summed E-state index contributed by atoms with van der Waals surface area (Å²) >= 11 is 0. The second kappa shape index (κ2) is 17.8. The number of esters is 1. The maximum Gasteiger partial charge on any atom is 0.342 e. The molecule has 284 valence electrons. The Hall–Kier alpha value is -6.41. The van der Waals surface area contributed by atoms with Crippen molar-refractivity contribution in [3.63, 3.8) is 0 Å². The number of nitrogens with zero attached hydrogens (tertiary/aromatic N) is 4. The topological polar surface area (TPSA) is 129 Å². The van der Waals surface area contributed by atoms with Crippen LogP contribution in [0.15, 0.2) is 94.9 Å². The number of aliphatic imine (C=N–C) groups is 2. The van der Waals surface area contributed by atoms with Crippen LogP contribution in [0.4, 0.5) is 11.4 Å². The van der Waals surface area contributed by atoms with Crippen molar-refractivity contribution in [3.8, 4) is 24.2 Å². The van der Waals surface area contributed by atoms with Crippen LogP contribution in [0.1, 0.15) is 51.4 Å². The summed E-state index contributed by atoms with van der Waals surface area (Å²) in [5.74, 6) is 6.71. The molecule has 0 spiro atoms. The van der Waals surface area contributed by atoms with Crippen molar-refractivity contribution in [2.75, 3.05) is 50.7 Å². The van der Waals surface area contributed by atoms with Crippen molar-refractivity contribution in [2.45, 2.75) is 33.0 Å². The fourth-order valence-corrected chi connectivity index (χ4v) is 6.29. The lowest BCUT2D eigenvalue weighted by Gasteiger charge is -2.20. The molecule has 0 radical (unpaired) electrons. The predicted octanol–water partition coefficient (Wildman–Crippen LogP) is 5.12. The molecule has 2 heterocycles. The molecular weight excluding hydrogens is 713 g/mol. The van der Waals surface area contributed by atoms with E-state index in [-0.39, 0.29) is 20.0 Å². The summed E-state index contributed by atoms with van der Waals surface area (Å²) in [6, 6.07) is 24.6. The number of benzene rings is 4. The number of anilines is 2. The van der Waals surface area contributed by atoms with E-state index < -0.39 is 36.8 Å². The first-order valence-corrected chi connectivity index (χ1v) is 17.7. The Morgan fingerprint density at radius 2 is 1.32 bits per heavy atom. The maximum absolute atomic E-state index is 13.5. The summed E-state index contributed by atoms with van der Waals surface area (Å²) in [5.41, 5.74) is 8.42. The number of hydrogen-bond acceptors (Lipinski definition) is 10. The van der Waals surface area contributed by atoms with Gasteiger partial charge >= 0.3 is 5.97 Å². The molecule has 2 aliphatic rings. The van der Waals surface area contributed by atoms with Gasteiger partial charge < -0.3 is 24.0 Å². The van der Waals surface area contributed by atoms with E-state index in [1.807, 2.05) is 80.6 Å². The molecule has 0 saturated heterocycles. The van der Waals surface area contributed by atoms with E-state index in [0.717, 1.165) is 33.4 Å². The zero-order chi connectivity index (χ0) is 39.8. The van der Waals surface area contributed by atoms with Crippen molar-refractivity contribution in [1.29, 1.82) is 0 Å². The van der Waals surface area contributed by atoms with Crippen molar-refractivity contribution in [1.82, 2.24) is 0 Å².